The van der Waals surface area contributed by atoms with Crippen molar-refractivity contribution in [3.63, 3.8) is 0 Å². The molecule has 0 aliphatic rings. The Morgan fingerprint density at radius 3 is 2.48 bits per heavy atom. The standard InChI is InChI=1S/C15H9BrClN3O/c16-11-5-6-12(10-4-2-1-3-9(10)11)18-15(21)13-7-8-14(17)20-19-13/h1-8H,(H,18,21). The molecule has 21 heavy (non-hydrogen) atoms. The molecule has 6 heteroatoms. The fourth-order valence-electron chi connectivity index (χ4n) is 1.99. The second kappa shape index (κ2) is 5.79. The molecule has 0 atom stereocenters. The average molecular weight is 363 g/mol. The SMILES string of the molecule is O=C(Nc1ccc(Br)c2ccccc12)c1ccc(Cl)nn1. The molecule has 0 spiro atoms. The lowest BCUT2D eigenvalue weighted by Gasteiger charge is -2.09. The molecule has 0 aliphatic carbocycles. The van der Waals surface area contributed by atoms with Gasteiger partial charge in [0.2, 0.25) is 0 Å². The van der Waals surface area contributed by atoms with Crippen LogP contribution >= 0.6 is 27.5 Å². The van der Waals surface area contributed by atoms with Crippen molar-refractivity contribution in [2.75, 3.05) is 5.32 Å². The number of fused-ring (bicyclic) bond motifs is 1. The van der Waals surface area contributed by atoms with Gasteiger partial charge in [-0.2, -0.15) is 0 Å². The summed E-state index contributed by atoms with van der Waals surface area (Å²) >= 11 is 9.16. The molecule has 1 N–H and O–H groups in total. The van der Waals surface area contributed by atoms with Gasteiger partial charge in [-0.25, -0.2) is 0 Å². The van der Waals surface area contributed by atoms with E-state index in [9.17, 15) is 4.79 Å². The number of nitrogens with zero attached hydrogens (tertiary/aromatic N) is 2. The first kappa shape index (κ1) is 14.0. The average Bonchev–Trinajstić information content (AvgIpc) is 2.51. The van der Waals surface area contributed by atoms with Crippen LogP contribution in [0, 0.1) is 0 Å². The lowest BCUT2D eigenvalue weighted by Crippen LogP contribution is -2.14. The second-order valence-electron chi connectivity index (χ2n) is 4.34. The van der Waals surface area contributed by atoms with Crippen LogP contribution in [0.25, 0.3) is 10.8 Å². The predicted octanol–water partition coefficient (Wildman–Crippen LogP) is 4.30. The van der Waals surface area contributed by atoms with Crippen LogP contribution in [-0.4, -0.2) is 16.1 Å². The number of nitrogens with one attached hydrogen (secondary N) is 1. The smallest absolute Gasteiger partial charge is 0.276 e. The summed E-state index contributed by atoms with van der Waals surface area (Å²) in [5.41, 5.74) is 0.932. The van der Waals surface area contributed by atoms with Crippen LogP contribution in [-0.2, 0) is 0 Å². The number of hydrogen-bond donors (Lipinski definition) is 1. The van der Waals surface area contributed by atoms with E-state index >= 15 is 0 Å². The Morgan fingerprint density at radius 2 is 1.76 bits per heavy atom. The Balaban J connectivity index is 1.97. The number of anilines is 1. The van der Waals surface area contributed by atoms with Gasteiger partial charge in [0.25, 0.3) is 5.91 Å². The maximum absolute atomic E-state index is 12.2. The third kappa shape index (κ3) is 2.89. The van der Waals surface area contributed by atoms with Gasteiger partial charge < -0.3 is 5.32 Å². The highest BCUT2D eigenvalue weighted by molar-refractivity contribution is 9.10. The quantitative estimate of drug-likeness (QED) is 0.739. The zero-order valence-corrected chi connectivity index (χ0v) is 13.0. The van der Waals surface area contributed by atoms with Crippen LogP contribution in [0.3, 0.4) is 0 Å². The van der Waals surface area contributed by atoms with E-state index in [-0.39, 0.29) is 16.8 Å². The second-order valence-corrected chi connectivity index (χ2v) is 5.58. The number of carbonyl (C=O) groups excluding carboxylic acids is 1. The summed E-state index contributed by atoms with van der Waals surface area (Å²) in [6, 6.07) is 14.6. The Hall–Kier alpha value is -1.98. The fraction of sp³-hybridized carbons (Fsp3) is 0. The van der Waals surface area contributed by atoms with Crippen LogP contribution in [0.2, 0.25) is 5.15 Å². The van der Waals surface area contributed by atoms with E-state index < -0.39 is 0 Å². The summed E-state index contributed by atoms with van der Waals surface area (Å²) in [4.78, 5) is 12.2. The summed E-state index contributed by atoms with van der Waals surface area (Å²) in [6.45, 7) is 0. The number of amides is 1. The Morgan fingerprint density at radius 1 is 1.00 bits per heavy atom. The monoisotopic (exact) mass is 361 g/mol. The minimum Gasteiger partial charge on any atom is -0.320 e. The van der Waals surface area contributed by atoms with Crippen molar-refractivity contribution in [3.8, 4) is 0 Å². The van der Waals surface area contributed by atoms with Crippen molar-refractivity contribution in [1.82, 2.24) is 10.2 Å². The van der Waals surface area contributed by atoms with Crippen LogP contribution in [0.15, 0.2) is 53.0 Å². The summed E-state index contributed by atoms with van der Waals surface area (Å²) in [5, 5.41) is 12.5. The normalized spacial score (nSPS) is 10.6. The summed E-state index contributed by atoms with van der Waals surface area (Å²) in [7, 11) is 0. The molecule has 0 radical (unpaired) electrons. The number of rotatable bonds is 2. The van der Waals surface area contributed by atoms with Gasteiger partial charge in [-0.1, -0.05) is 51.8 Å². The zero-order valence-electron chi connectivity index (χ0n) is 10.7. The Bertz CT molecular complexity index is 821. The highest BCUT2D eigenvalue weighted by Crippen LogP contribution is 2.30. The maximum atomic E-state index is 12.2. The molecule has 1 aromatic heterocycles. The molecule has 1 amide bonds. The van der Waals surface area contributed by atoms with Crippen LogP contribution in [0.5, 0.6) is 0 Å². The molecular weight excluding hydrogens is 354 g/mol. The molecule has 2 aromatic carbocycles. The van der Waals surface area contributed by atoms with Gasteiger partial charge in [0.05, 0.1) is 0 Å². The lowest BCUT2D eigenvalue weighted by molar-refractivity contribution is 0.102. The highest BCUT2D eigenvalue weighted by atomic mass is 79.9. The van der Waals surface area contributed by atoms with Gasteiger partial charge in [-0.05, 0) is 29.7 Å². The molecule has 3 aromatic rings. The minimum absolute atomic E-state index is 0.214. The van der Waals surface area contributed by atoms with Crippen molar-refractivity contribution >= 4 is 49.9 Å². The molecule has 3 rings (SSSR count). The molecule has 1 heterocycles. The molecule has 0 saturated carbocycles. The third-order valence-electron chi connectivity index (χ3n) is 2.98. The molecular formula is C15H9BrClN3O. The molecule has 104 valence electrons. The van der Waals surface area contributed by atoms with E-state index in [0.29, 0.717) is 0 Å². The number of aromatic nitrogens is 2. The van der Waals surface area contributed by atoms with E-state index in [4.69, 9.17) is 11.6 Å². The number of halogens is 2. The van der Waals surface area contributed by atoms with Crippen LogP contribution < -0.4 is 5.32 Å². The van der Waals surface area contributed by atoms with E-state index in [1.807, 2.05) is 36.4 Å². The van der Waals surface area contributed by atoms with E-state index in [0.717, 1.165) is 20.9 Å². The number of carbonyl (C=O) groups is 1. The predicted molar refractivity (Wildman–Crippen MR) is 86.6 cm³/mol. The van der Waals surface area contributed by atoms with E-state index in [1.54, 1.807) is 0 Å². The lowest BCUT2D eigenvalue weighted by atomic mass is 10.1. The molecule has 0 fully saturated rings. The molecule has 4 nitrogen and oxygen atoms in total. The van der Waals surface area contributed by atoms with E-state index in [2.05, 4.69) is 31.4 Å². The van der Waals surface area contributed by atoms with Gasteiger partial charge in [-0.15, -0.1) is 10.2 Å². The molecule has 0 saturated heterocycles. The fourth-order valence-corrected chi connectivity index (χ4v) is 2.57. The van der Waals surface area contributed by atoms with Crippen molar-refractivity contribution in [2.24, 2.45) is 0 Å². The van der Waals surface area contributed by atoms with Gasteiger partial charge in [0.15, 0.2) is 10.8 Å². The summed E-state index contributed by atoms with van der Waals surface area (Å²) < 4.78 is 0.974. The van der Waals surface area contributed by atoms with Crippen LogP contribution in [0.1, 0.15) is 10.5 Å². The number of benzene rings is 2. The first-order chi connectivity index (χ1) is 10.1. The van der Waals surface area contributed by atoms with E-state index in [1.165, 1.54) is 12.1 Å². The minimum atomic E-state index is -0.327. The summed E-state index contributed by atoms with van der Waals surface area (Å²) in [5.74, 6) is -0.327. The van der Waals surface area contributed by atoms with Crippen LogP contribution in [0.4, 0.5) is 5.69 Å². The number of hydrogen-bond acceptors (Lipinski definition) is 3. The van der Waals surface area contributed by atoms with Gasteiger partial charge in [-0.3, -0.25) is 4.79 Å². The topological polar surface area (TPSA) is 54.9 Å². The zero-order chi connectivity index (χ0) is 14.8. The van der Waals surface area contributed by atoms with Gasteiger partial charge in [0.1, 0.15) is 0 Å². The van der Waals surface area contributed by atoms with Gasteiger partial charge >= 0.3 is 0 Å². The summed E-state index contributed by atoms with van der Waals surface area (Å²) in [6.07, 6.45) is 0. The van der Waals surface area contributed by atoms with Crippen molar-refractivity contribution in [1.29, 1.82) is 0 Å². The first-order valence-corrected chi connectivity index (χ1v) is 7.30. The van der Waals surface area contributed by atoms with Crippen molar-refractivity contribution in [2.45, 2.75) is 0 Å². The molecule has 0 bridgehead atoms. The molecule has 0 unspecified atom stereocenters. The highest BCUT2D eigenvalue weighted by Gasteiger charge is 2.11. The first-order valence-electron chi connectivity index (χ1n) is 6.13. The largest absolute Gasteiger partial charge is 0.320 e. The van der Waals surface area contributed by atoms with Gasteiger partial charge in [0, 0.05) is 15.5 Å². The third-order valence-corrected chi connectivity index (χ3v) is 3.88. The molecule has 0 aliphatic heterocycles. The van der Waals surface area contributed by atoms with Crippen molar-refractivity contribution in [3.05, 3.63) is 63.9 Å². The Labute approximate surface area is 134 Å². The van der Waals surface area contributed by atoms with Crippen molar-refractivity contribution < 1.29 is 4.79 Å². The maximum Gasteiger partial charge on any atom is 0.276 e. The Kier molecular flexibility index (Phi) is 3.86.